The molecule has 0 aliphatic heterocycles. The molecule has 1 heterocycles. The summed E-state index contributed by atoms with van der Waals surface area (Å²) in [4.78, 5) is 16.0. The van der Waals surface area contributed by atoms with Gasteiger partial charge in [0, 0.05) is 24.8 Å². The van der Waals surface area contributed by atoms with Crippen LogP contribution in [-0.2, 0) is 13.1 Å². The predicted octanol–water partition coefficient (Wildman–Crippen LogP) is 0.682. The Morgan fingerprint density at radius 3 is 2.94 bits per heavy atom. The van der Waals surface area contributed by atoms with Crippen LogP contribution in [0.2, 0.25) is 0 Å². The minimum atomic E-state index is 0.00189. The standard InChI is InChI=1S/C12H20N4O/c1-3-7-14-12(13)15-9-10-6-5-8-16(4-2)11(10)17/h5-6,8H,3-4,7,9H2,1-2H3,(H3,13,14,15). The Labute approximate surface area is 101 Å². The van der Waals surface area contributed by atoms with Crippen molar-refractivity contribution in [3.05, 3.63) is 34.2 Å². The topological polar surface area (TPSA) is 72.4 Å². The molecule has 0 saturated carbocycles. The summed E-state index contributed by atoms with van der Waals surface area (Å²) in [5, 5.41) is 2.97. The third-order valence-corrected chi connectivity index (χ3v) is 2.42. The van der Waals surface area contributed by atoms with E-state index in [1.807, 2.05) is 13.0 Å². The normalized spacial score (nSPS) is 11.5. The van der Waals surface area contributed by atoms with Crippen molar-refractivity contribution in [1.82, 2.24) is 9.88 Å². The van der Waals surface area contributed by atoms with Crippen LogP contribution in [0.15, 0.2) is 28.1 Å². The van der Waals surface area contributed by atoms with Gasteiger partial charge in [0.15, 0.2) is 5.96 Å². The first kappa shape index (κ1) is 13.3. The minimum absolute atomic E-state index is 0.00189. The molecule has 0 amide bonds. The van der Waals surface area contributed by atoms with Gasteiger partial charge in [0.1, 0.15) is 0 Å². The number of nitrogens with one attached hydrogen (secondary N) is 1. The van der Waals surface area contributed by atoms with Crippen LogP contribution in [0.3, 0.4) is 0 Å². The first-order chi connectivity index (χ1) is 8.19. The summed E-state index contributed by atoms with van der Waals surface area (Å²) in [5.41, 5.74) is 6.32. The predicted molar refractivity (Wildman–Crippen MR) is 70.0 cm³/mol. The van der Waals surface area contributed by atoms with Crippen LogP contribution >= 0.6 is 0 Å². The molecule has 0 aliphatic carbocycles. The summed E-state index contributed by atoms with van der Waals surface area (Å²) < 4.78 is 1.65. The van der Waals surface area contributed by atoms with Gasteiger partial charge in [-0.15, -0.1) is 0 Å². The molecule has 0 radical (unpaired) electrons. The summed E-state index contributed by atoms with van der Waals surface area (Å²) in [6.45, 7) is 5.77. The van der Waals surface area contributed by atoms with Crippen LogP contribution < -0.4 is 16.6 Å². The zero-order valence-electron chi connectivity index (χ0n) is 10.4. The van der Waals surface area contributed by atoms with Crippen LogP contribution in [0.25, 0.3) is 0 Å². The van der Waals surface area contributed by atoms with Gasteiger partial charge in [-0.2, -0.15) is 0 Å². The van der Waals surface area contributed by atoms with Crippen LogP contribution in [0.4, 0.5) is 0 Å². The molecule has 3 N–H and O–H groups in total. The fraction of sp³-hybridized carbons (Fsp3) is 0.500. The monoisotopic (exact) mass is 236 g/mol. The zero-order chi connectivity index (χ0) is 12.7. The third-order valence-electron chi connectivity index (χ3n) is 2.42. The van der Waals surface area contributed by atoms with Crippen molar-refractivity contribution >= 4 is 5.96 Å². The van der Waals surface area contributed by atoms with E-state index in [2.05, 4.69) is 17.2 Å². The van der Waals surface area contributed by atoms with E-state index >= 15 is 0 Å². The number of rotatable bonds is 5. The molecule has 0 spiro atoms. The molecule has 0 bridgehead atoms. The lowest BCUT2D eigenvalue weighted by molar-refractivity contribution is 0.714. The lowest BCUT2D eigenvalue weighted by Gasteiger charge is -2.05. The van der Waals surface area contributed by atoms with Crippen LogP contribution in [0, 0.1) is 0 Å². The van der Waals surface area contributed by atoms with Gasteiger partial charge in [-0.25, -0.2) is 4.99 Å². The second-order valence-electron chi connectivity index (χ2n) is 3.75. The Morgan fingerprint density at radius 2 is 2.29 bits per heavy atom. The summed E-state index contributed by atoms with van der Waals surface area (Å²) in [6, 6.07) is 3.64. The van der Waals surface area contributed by atoms with Crippen molar-refractivity contribution in [3.8, 4) is 0 Å². The van der Waals surface area contributed by atoms with Gasteiger partial charge in [-0.1, -0.05) is 13.0 Å². The molecular formula is C12H20N4O. The molecule has 1 rings (SSSR count). The summed E-state index contributed by atoms with van der Waals surface area (Å²) >= 11 is 0. The van der Waals surface area contributed by atoms with Gasteiger partial charge in [0.05, 0.1) is 6.54 Å². The number of nitrogens with two attached hydrogens (primary N) is 1. The van der Waals surface area contributed by atoms with Gasteiger partial charge >= 0.3 is 0 Å². The smallest absolute Gasteiger partial charge is 0.255 e. The fourth-order valence-corrected chi connectivity index (χ4v) is 1.44. The maximum absolute atomic E-state index is 11.9. The van der Waals surface area contributed by atoms with Crippen molar-refractivity contribution in [3.63, 3.8) is 0 Å². The highest BCUT2D eigenvalue weighted by molar-refractivity contribution is 5.77. The van der Waals surface area contributed by atoms with E-state index < -0.39 is 0 Å². The molecule has 0 fully saturated rings. The minimum Gasteiger partial charge on any atom is -0.370 e. The number of aryl methyl sites for hydroxylation is 1. The first-order valence-electron chi connectivity index (χ1n) is 5.91. The third kappa shape index (κ3) is 3.94. The van der Waals surface area contributed by atoms with Crippen LogP contribution in [0.1, 0.15) is 25.8 Å². The molecule has 1 aromatic rings. The van der Waals surface area contributed by atoms with Crippen LogP contribution in [-0.4, -0.2) is 17.1 Å². The largest absolute Gasteiger partial charge is 0.370 e. The second-order valence-corrected chi connectivity index (χ2v) is 3.75. The maximum atomic E-state index is 11.9. The lowest BCUT2D eigenvalue weighted by Crippen LogP contribution is -2.32. The Kier molecular flexibility index (Phi) is 5.26. The van der Waals surface area contributed by atoms with E-state index in [0.717, 1.165) is 13.0 Å². The Balaban J connectivity index is 2.72. The van der Waals surface area contributed by atoms with E-state index in [1.54, 1.807) is 16.8 Å². The molecular weight excluding hydrogens is 216 g/mol. The first-order valence-corrected chi connectivity index (χ1v) is 5.91. The van der Waals surface area contributed by atoms with Crippen molar-refractivity contribution in [1.29, 1.82) is 0 Å². The molecule has 5 heteroatoms. The van der Waals surface area contributed by atoms with Crippen molar-refractivity contribution in [2.75, 3.05) is 6.54 Å². The molecule has 5 nitrogen and oxygen atoms in total. The molecule has 94 valence electrons. The highest BCUT2D eigenvalue weighted by Gasteiger charge is 2.01. The summed E-state index contributed by atoms with van der Waals surface area (Å²) in [7, 11) is 0. The SMILES string of the molecule is CCCNC(N)=NCc1cccn(CC)c1=O. The van der Waals surface area contributed by atoms with Gasteiger partial charge in [-0.3, -0.25) is 4.79 Å². The van der Waals surface area contributed by atoms with E-state index in [-0.39, 0.29) is 5.56 Å². The van der Waals surface area contributed by atoms with Crippen molar-refractivity contribution < 1.29 is 0 Å². The molecule has 17 heavy (non-hydrogen) atoms. The fourth-order valence-electron chi connectivity index (χ4n) is 1.44. The van der Waals surface area contributed by atoms with E-state index in [4.69, 9.17) is 5.73 Å². The van der Waals surface area contributed by atoms with E-state index in [0.29, 0.717) is 24.6 Å². The van der Waals surface area contributed by atoms with E-state index in [1.165, 1.54) is 0 Å². The number of pyridine rings is 1. The zero-order valence-corrected chi connectivity index (χ0v) is 10.4. The molecule has 0 unspecified atom stereocenters. The summed E-state index contributed by atoms with van der Waals surface area (Å²) in [5.74, 6) is 0.387. The van der Waals surface area contributed by atoms with Gasteiger partial charge in [-0.05, 0) is 19.4 Å². The number of hydrogen-bond donors (Lipinski definition) is 2. The number of aromatic nitrogens is 1. The lowest BCUT2D eigenvalue weighted by atomic mass is 10.3. The van der Waals surface area contributed by atoms with E-state index in [9.17, 15) is 4.79 Å². The van der Waals surface area contributed by atoms with Crippen LogP contribution in [0.5, 0.6) is 0 Å². The van der Waals surface area contributed by atoms with Crippen molar-refractivity contribution in [2.45, 2.75) is 33.4 Å². The number of aliphatic imine (C=N–C) groups is 1. The number of hydrogen-bond acceptors (Lipinski definition) is 2. The molecule has 0 saturated heterocycles. The van der Waals surface area contributed by atoms with Gasteiger partial charge in [0.2, 0.25) is 0 Å². The van der Waals surface area contributed by atoms with Crippen molar-refractivity contribution in [2.24, 2.45) is 10.7 Å². The molecule has 0 aromatic carbocycles. The number of nitrogens with zero attached hydrogens (tertiary/aromatic N) is 2. The average molecular weight is 236 g/mol. The molecule has 0 atom stereocenters. The Hall–Kier alpha value is -1.78. The Bertz CT molecular complexity index is 436. The maximum Gasteiger partial charge on any atom is 0.255 e. The Morgan fingerprint density at radius 1 is 1.53 bits per heavy atom. The van der Waals surface area contributed by atoms with Gasteiger partial charge < -0.3 is 15.6 Å². The number of guanidine groups is 1. The highest BCUT2D eigenvalue weighted by atomic mass is 16.1. The summed E-state index contributed by atoms with van der Waals surface area (Å²) in [6.07, 6.45) is 2.76. The van der Waals surface area contributed by atoms with Gasteiger partial charge in [0.25, 0.3) is 5.56 Å². The second kappa shape index (κ2) is 6.73. The molecule has 0 aliphatic rings. The quantitative estimate of drug-likeness (QED) is 0.583. The highest BCUT2D eigenvalue weighted by Crippen LogP contribution is 1.94. The average Bonchev–Trinajstić information content (AvgIpc) is 2.35. The molecule has 1 aromatic heterocycles.